The minimum atomic E-state index is 0.497. The Morgan fingerprint density at radius 2 is 2.31 bits per heavy atom. The SMILES string of the molecule is CCc1ccn(CCC(C)c2ccn[nH]2)n1. The number of H-pyrrole nitrogens is 1. The summed E-state index contributed by atoms with van der Waals surface area (Å²) < 4.78 is 2.02. The zero-order chi connectivity index (χ0) is 11.4. The molecule has 1 unspecified atom stereocenters. The summed E-state index contributed by atoms with van der Waals surface area (Å²) in [5.41, 5.74) is 2.36. The van der Waals surface area contributed by atoms with E-state index in [4.69, 9.17) is 0 Å². The molecule has 0 bridgehead atoms. The summed E-state index contributed by atoms with van der Waals surface area (Å²) in [4.78, 5) is 0. The zero-order valence-electron chi connectivity index (χ0n) is 9.85. The molecule has 0 saturated carbocycles. The van der Waals surface area contributed by atoms with Gasteiger partial charge in [0.05, 0.1) is 5.69 Å². The van der Waals surface area contributed by atoms with Crippen LogP contribution in [0, 0.1) is 0 Å². The van der Waals surface area contributed by atoms with Crippen molar-refractivity contribution in [2.75, 3.05) is 0 Å². The summed E-state index contributed by atoms with van der Waals surface area (Å²) in [5, 5.41) is 11.5. The molecule has 0 fully saturated rings. The molecule has 4 nitrogen and oxygen atoms in total. The highest BCUT2D eigenvalue weighted by Gasteiger charge is 2.07. The summed E-state index contributed by atoms with van der Waals surface area (Å²) in [6.45, 7) is 5.29. The van der Waals surface area contributed by atoms with Crippen molar-refractivity contribution in [3.05, 3.63) is 35.9 Å². The van der Waals surface area contributed by atoms with Gasteiger partial charge in [-0.15, -0.1) is 0 Å². The van der Waals surface area contributed by atoms with Crippen molar-refractivity contribution in [3.63, 3.8) is 0 Å². The van der Waals surface area contributed by atoms with Gasteiger partial charge in [0, 0.05) is 24.6 Å². The molecule has 4 heteroatoms. The van der Waals surface area contributed by atoms with Crippen molar-refractivity contribution in [1.82, 2.24) is 20.0 Å². The van der Waals surface area contributed by atoms with E-state index in [0.29, 0.717) is 5.92 Å². The molecule has 16 heavy (non-hydrogen) atoms. The van der Waals surface area contributed by atoms with E-state index in [9.17, 15) is 0 Å². The summed E-state index contributed by atoms with van der Waals surface area (Å²) >= 11 is 0. The molecule has 0 aliphatic carbocycles. The highest BCUT2D eigenvalue weighted by molar-refractivity contribution is 5.04. The predicted molar refractivity (Wildman–Crippen MR) is 63.2 cm³/mol. The Morgan fingerprint density at radius 1 is 1.44 bits per heavy atom. The molecule has 86 valence electrons. The Bertz CT molecular complexity index is 416. The lowest BCUT2D eigenvalue weighted by Gasteiger charge is -2.08. The molecule has 2 heterocycles. The van der Waals surface area contributed by atoms with E-state index in [1.165, 1.54) is 5.69 Å². The van der Waals surface area contributed by atoms with E-state index < -0.39 is 0 Å². The fourth-order valence-electron chi connectivity index (χ4n) is 1.74. The van der Waals surface area contributed by atoms with Crippen LogP contribution < -0.4 is 0 Å². The van der Waals surface area contributed by atoms with Gasteiger partial charge in [-0.05, 0) is 30.9 Å². The van der Waals surface area contributed by atoms with Crippen molar-refractivity contribution in [3.8, 4) is 0 Å². The molecule has 0 radical (unpaired) electrons. The van der Waals surface area contributed by atoms with E-state index in [1.807, 2.05) is 10.7 Å². The summed E-state index contributed by atoms with van der Waals surface area (Å²) in [6, 6.07) is 4.12. The summed E-state index contributed by atoms with van der Waals surface area (Å²) in [6.07, 6.45) is 5.93. The van der Waals surface area contributed by atoms with Crippen LogP contribution in [-0.2, 0) is 13.0 Å². The lowest BCUT2D eigenvalue weighted by atomic mass is 10.0. The molecule has 1 atom stereocenters. The predicted octanol–water partition coefficient (Wildman–Crippen LogP) is 2.36. The summed E-state index contributed by atoms with van der Waals surface area (Å²) in [7, 11) is 0. The first-order valence-electron chi connectivity index (χ1n) is 5.81. The van der Waals surface area contributed by atoms with Crippen molar-refractivity contribution >= 4 is 0 Å². The largest absolute Gasteiger partial charge is 0.282 e. The van der Waals surface area contributed by atoms with E-state index >= 15 is 0 Å². The third kappa shape index (κ3) is 2.51. The Kier molecular flexibility index (Phi) is 3.39. The molecule has 1 N–H and O–H groups in total. The smallest absolute Gasteiger partial charge is 0.0621 e. The van der Waals surface area contributed by atoms with Crippen LogP contribution in [0.3, 0.4) is 0 Å². The third-order valence-corrected chi connectivity index (χ3v) is 2.90. The topological polar surface area (TPSA) is 46.5 Å². The standard InChI is InChI=1S/C12H18N4/c1-3-11-6-9-16(15-11)8-5-10(2)12-4-7-13-14-12/h4,6-7,9-10H,3,5,8H2,1-2H3,(H,13,14). The fraction of sp³-hybridized carbons (Fsp3) is 0.500. The first-order chi connectivity index (χ1) is 7.79. The van der Waals surface area contributed by atoms with Crippen LogP contribution in [0.4, 0.5) is 0 Å². The number of rotatable bonds is 5. The molecule has 2 rings (SSSR count). The van der Waals surface area contributed by atoms with Gasteiger partial charge < -0.3 is 0 Å². The van der Waals surface area contributed by atoms with Gasteiger partial charge in [-0.1, -0.05) is 13.8 Å². The van der Waals surface area contributed by atoms with Gasteiger partial charge in [0.2, 0.25) is 0 Å². The third-order valence-electron chi connectivity index (χ3n) is 2.90. The minimum absolute atomic E-state index is 0.497. The number of aromatic amines is 1. The first-order valence-corrected chi connectivity index (χ1v) is 5.81. The van der Waals surface area contributed by atoms with Gasteiger partial charge in [-0.3, -0.25) is 9.78 Å². The zero-order valence-corrected chi connectivity index (χ0v) is 9.85. The molecule has 0 saturated heterocycles. The monoisotopic (exact) mass is 218 g/mol. The second-order valence-corrected chi connectivity index (χ2v) is 4.13. The molecule has 0 spiro atoms. The molecule has 2 aromatic heterocycles. The van der Waals surface area contributed by atoms with Gasteiger partial charge in [0.25, 0.3) is 0 Å². The van der Waals surface area contributed by atoms with E-state index in [1.54, 1.807) is 6.20 Å². The molecule has 0 aromatic carbocycles. The Balaban J connectivity index is 1.87. The fourth-order valence-corrected chi connectivity index (χ4v) is 1.74. The Morgan fingerprint density at radius 3 is 2.94 bits per heavy atom. The number of nitrogens with one attached hydrogen (secondary N) is 1. The molecule has 2 aromatic rings. The molecule has 0 aliphatic rings. The second kappa shape index (κ2) is 4.96. The van der Waals surface area contributed by atoms with Gasteiger partial charge in [0.1, 0.15) is 0 Å². The average molecular weight is 218 g/mol. The van der Waals surface area contributed by atoms with Gasteiger partial charge in [-0.25, -0.2) is 0 Å². The molecule has 0 amide bonds. The van der Waals surface area contributed by atoms with Crippen LogP contribution in [0.2, 0.25) is 0 Å². The van der Waals surface area contributed by atoms with Crippen LogP contribution >= 0.6 is 0 Å². The van der Waals surface area contributed by atoms with Crippen LogP contribution in [0.15, 0.2) is 24.5 Å². The number of nitrogens with zero attached hydrogens (tertiary/aromatic N) is 3. The molecular formula is C12H18N4. The van der Waals surface area contributed by atoms with Crippen LogP contribution in [-0.4, -0.2) is 20.0 Å². The molecular weight excluding hydrogens is 200 g/mol. The maximum absolute atomic E-state index is 4.47. The van der Waals surface area contributed by atoms with Crippen LogP contribution in [0.1, 0.15) is 37.6 Å². The van der Waals surface area contributed by atoms with Crippen LogP contribution in [0.5, 0.6) is 0 Å². The van der Waals surface area contributed by atoms with Gasteiger partial charge in [0.15, 0.2) is 0 Å². The summed E-state index contributed by atoms with van der Waals surface area (Å²) in [5.74, 6) is 0.497. The van der Waals surface area contributed by atoms with Crippen molar-refractivity contribution in [1.29, 1.82) is 0 Å². The number of hydrogen-bond acceptors (Lipinski definition) is 2. The van der Waals surface area contributed by atoms with Gasteiger partial charge >= 0.3 is 0 Å². The van der Waals surface area contributed by atoms with Crippen molar-refractivity contribution in [2.24, 2.45) is 0 Å². The quantitative estimate of drug-likeness (QED) is 0.837. The Labute approximate surface area is 95.7 Å². The normalized spacial score (nSPS) is 12.9. The van der Waals surface area contributed by atoms with Gasteiger partial charge in [-0.2, -0.15) is 10.2 Å². The highest BCUT2D eigenvalue weighted by atomic mass is 15.3. The average Bonchev–Trinajstić information content (AvgIpc) is 2.96. The number of aromatic nitrogens is 4. The van der Waals surface area contributed by atoms with E-state index in [-0.39, 0.29) is 0 Å². The van der Waals surface area contributed by atoms with Crippen molar-refractivity contribution < 1.29 is 0 Å². The lowest BCUT2D eigenvalue weighted by molar-refractivity contribution is 0.523. The maximum atomic E-state index is 4.47. The molecule has 0 aliphatic heterocycles. The van der Waals surface area contributed by atoms with E-state index in [0.717, 1.165) is 25.1 Å². The first kappa shape index (κ1) is 10.9. The number of hydrogen-bond donors (Lipinski definition) is 1. The minimum Gasteiger partial charge on any atom is -0.282 e. The van der Waals surface area contributed by atoms with E-state index in [2.05, 4.69) is 41.4 Å². The van der Waals surface area contributed by atoms with Crippen LogP contribution in [0.25, 0.3) is 0 Å². The number of aryl methyl sites for hydroxylation is 2. The lowest BCUT2D eigenvalue weighted by Crippen LogP contribution is -2.04. The second-order valence-electron chi connectivity index (χ2n) is 4.13. The highest BCUT2D eigenvalue weighted by Crippen LogP contribution is 2.16. The van der Waals surface area contributed by atoms with Crippen molar-refractivity contribution in [2.45, 2.75) is 39.2 Å². The Hall–Kier alpha value is -1.58. The maximum Gasteiger partial charge on any atom is 0.0621 e.